The van der Waals surface area contributed by atoms with Crippen LogP contribution in [-0.4, -0.2) is 55.8 Å². The third-order valence-corrected chi connectivity index (χ3v) is 6.43. The van der Waals surface area contributed by atoms with Gasteiger partial charge in [-0.1, -0.05) is 30.0 Å². The SMILES string of the molecule is CCN(CC)C1=NC(=O)C(CC(=O)Nc2cccc(C(=O)Nn3cnc4ccccc43)c2)S1. The van der Waals surface area contributed by atoms with E-state index in [0.717, 1.165) is 24.1 Å². The number of aromatic nitrogens is 2. The van der Waals surface area contributed by atoms with Gasteiger partial charge in [-0.25, -0.2) is 9.66 Å². The summed E-state index contributed by atoms with van der Waals surface area (Å²) in [5.41, 5.74) is 5.19. The molecule has 0 radical (unpaired) electrons. The fourth-order valence-electron chi connectivity index (χ4n) is 3.48. The van der Waals surface area contributed by atoms with Crippen molar-refractivity contribution in [3.8, 4) is 0 Å². The average Bonchev–Trinajstić information content (AvgIpc) is 3.38. The molecule has 1 aliphatic rings. The number of amidine groups is 1. The number of nitrogens with one attached hydrogen (secondary N) is 2. The summed E-state index contributed by atoms with van der Waals surface area (Å²) in [6.07, 6.45) is 1.55. The zero-order valence-electron chi connectivity index (χ0n) is 18.3. The van der Waals surface area contributed by atoms with Gasteiger partial charge in [0.25, 0.3) is 11.8 Å². The maximum absolute atomic E-state index is 12.7. The van der Waals surface area contributed by atoms with Gasteiger partial charge in [0.05, 0.1) is 11.0 Å². The highest BCUT2D eigenvalue weighted by molar-refractivity contribution is 8.15. The molecule has 33 heavy (non-hydrogen) atoms. The molecule has 0 fully saturated rings. The molecule has 3 amide bonds. The molecule has 1 atom stereocenters. The van der Waals surface area contributed by atoms with Gasteiger partial charge in [-0.05, 0) is 44.2 Å². The van der Waals surface area contributed by atoms with Gasteiger partial charge in [0.1, 0.15) is 11.6 Å². The number of hydrogen-bond donors (Lipinski definition) is 2. The largest absolute Gasteiger partial charge is 0.352 e. The predicted octanol–water partition coefficient (Wildman–Crippen LogP) is 3.09. The van der Waals surface area contributed by atoms with Crippen LogP contribution in [0.3, 0.4) is 0 Å². The number of carbonyl (C=O) groups excluding carboxylic acids is 3. The van der Waals surface area contributed by atoms with E-state index in [1.54, 1.807) is 35.3 Å². The van der Waals surface area contributed by atoms with Crippen molar-refractivity contribution < 1.29 is 14.4 Å². The lowest BCUT2D eigenvalue weighted by Gasteiger charge is -2.19. The molecule has 9 nitrogen and oxygen atoms in total. The molecule has 170 valence electrons. The molecule has 1 aliphatic heterocycles. The first-order valence-corrected chi connectivity index (χ1v) is 11.5. The number of thioether (sulfide) groups is 1. The van der Waals surface area contributed by atoms with Gasteiger partial charge in [0.2, 0.25) is 5.91 Å². The second-order valence-electron chi connectivity index (χ2n) is 7.39. The molecule has 1 aromatic heterocycles. The molecule has 0 spiro atoms. The van der Waals surface area contributed by atoms with Crippen LogP contribution in [0.4, 0.5) is 5.69 Å². The van der Waals surface area contributed by atoms with Gasteiger partial charge >= 0.3 is 0 Å². The number of benzene rings is 2. The Morgan fingerprint density at radius 1 is 1.12 bits per heavy atom. The van der Waals surface area contributed by atoms with Crippen LogP contribution in [0.25, 0.3) is 11.0 Å². The van der Waals surface area contributed by atoms with E-state index in [2.05, 4.69) is 20.7 Å². The van der Waals surface area contributed by atoms with Gasteiger partial charge < -0.3 is 10.2 Å². The Kier molecular flexibility index (Phi) is 6.74. The van der Waals surface area contributed by atoms with E-state index in [1.807, 2.05) is 43.0 Å². The Bertz CT molecular complexity index is 1230. The van der Waals surface area contributed by atoms with Gasteiger partial charge in [-0.3, -0.25) is 19.8 Å². The van der Waals surface area contributed by atoms with Crippen molar-refractivity contribution in [1.82, 2.24) is 14.6 Å². The van der Waals surface area contributed by atoms with Crippen LogP contribution < -0.4 is 10.7 Å². The Hall–Kier alpha value is -3.66. The summed E-state index contributed by atoms with van der Waals surface area (Å²) in [5.74, 6) is -0.944. The van der Waals surface area contributed by atoms with E-state index in [-0.39, 0.29) is 24.1 Å². The summed E-state index contributed by atoms with van der Waals surface area (Å²) < 4.78 is 1.55. The van der Waals surface area contributed by atoms with Crippen LogP contribution in [-0.2, 0) is 9.59 Å². The minimum Gasteiger partial charge on any atom is -0.352 e. The van der Waals surface area contributed by atoms with E-state index in [1.165, 1.54) is 11.8 Å². The second-order valence-corrected chi connectivity index (χ2v) is 8.56. The minimum atomic E-state index is -0.540. The molecule has 0 saturated heterocycles. The highest BCUT2D eigenvalue weighted by Crippen LogP contribution is 2.27. The number of anilines is 1. The molecule has 3 aromatic rings. The Morgan fingerprint density at radius 3 is 2.70 bits per heavy atom. The topological polar surface area (TPSA) is 109 Å². The van der Waals surface area contributed by atoms with Crippen molar-refractivity contribution in [3.63, 3.8) is 0 Å². The maximum Gasteiger partial charge on any atom is 0.270 e. The lowest BCUT2D eigenvalue weighted by Crippen LogP contribution is -2.28. The van der Waals surface area contributed by atoms with Crippen molar-refractivity contribution in [3.05, 3.63) is 60.4 Å². The average molecular weight is 465 g/mol. The van der Waals surface area contributed by atoms with Crippen molar-refractivity contribution >= 4 is 51.4 Å². The first-order valence-electron chi connectivity index (χ1n) is 10.7. The Balaban J connectivity index is 1.37. The Labute approximate surface area is 195 Å². The number of carbonyl (C=O) groups is 3. The zero-order chi connectivity index (χ0) is 23.4. The number of amides is 3. The number of para-hydroxylation sites is 2. The Morgan fingerprint density at radius 2 is 1.91 bits per heavy atom. The molecule has 2 N–H and O–H groups in total. The maximum atomic E-state index is 12.7. The molecule has 2 aromatic carbocycles. The molecule has 0 aliphatic carbocycles. The molecule has 10 heteroatoms. The van der Waals surface area contributed by atoms with Gasteiger partial charge in [0, 0.05) is 30.8 Å². The predicted molar refractivity (Wildman–Crippen MR) is 130 cm³/mol. The first-order chi connectivity index (χ1) is 16.0. The smallest absolute Gasteiger partial charge is 0.270 e. The molecule has 0 bridgehead atoms. The first kappa shape index (κ1) is 22.5. The van der Waals surface area contributed by atoms with E-state index < -0.39 is 5.25 Å². The van der Waals surface area contributed by atoms with E-state index in [9.17, 15) is 14.4 Å². The summed E-state index contributed by atoms with van der Waals surface area (Å²) in [6, 6.07) is 14.1. The third kappa shape index (κ3) is 5.06. The van der Waals surface area contributed by atoms with Crippen LogP contribution in [0.15, 0.2) is 59.9 Å². The van der Waals surface area contributed by atoms with Crippen LogP contribution >= 0.6 is 11.8 Å². The normalized spacial score (nSPS) is 15.4. The van der Waals surface area contributed by atoms with Crippen LogP contribution in [0, 0.1) is 0 Å². The lowest BCUT2D eigenvalue weighted by atomic mass is 10.2. The molecular formula is C23H24N6O3S. The number of fused-ring (bicyclic) bond motifs is 1. The monoisotopic (exact) mass is 464 g/mol. The van der Waals surface area contributed by atoms with Gasteiger partial charge in [0.15, 0.2) is 5.17 Å². The van der Waals surface area contributed by atoms with E-state index in [0.29, 0.717) is 16.4 Å². The highest BCUT2D eigenvalue weighted by atomic mass is 32.2. The van der Waals surface area contributed by atoms with Gasteiger partial charge in [-0.15, -0.1) is 0 Å². The summed E-state index contributed by atoms with van der Waals surface area (Å²) >= 11 is 1.32. The van der Waals surface area contributed by atoms with Crippen molar-refractivity contribution in [2.45, 2.75) is 25.5 Å². The summed E-state index contributed by atoms with van der Waals surface area (Å²) in [4.78, 5) is 47.9. The van der Waals surface area contributed by atoms with Crippen molar-refractivity contribution in [2.24, 2.45) is 4.99 Å². The lowest BCUT2D eigenvalue weighted by molar-refractivity contribution is -0.121. The fourth-order valence-corrected chi connectivity index (χ4v) is 4.67. The number of rotatable bonds is 7. The fraction of sp³-hybridized carbons (Fsp3) is 0.261. The summed E-state index contributed by atoms with van der Waals surface area (Å²) in [5, 5.41) is 2.90. The molecule has 2 heterocycles. The number of nitrogens with zero attached hydrogens (tertiary/aromatic N) is 4. The van der Waals surface area contributed by atoms with Crippen LogP contribution in [0.5, 0.6) is 0 Å². The molecule has 4 rings (SSSR count). The minimum absolute atomic E-state index is 0.00915. The third-order valence-electron chi connectivity index (χ3n) is 5.22. The quantitative estimate of drug-likeness (QED) is 0.556. The van der Waals surface area contributed by atoms with Crippen LogP contribution in [0.1, 0.15) is 30.6 Å². The van der Waals surface area contributed by atoms with E-state index in [4.69, 9.17) is 0 Å². The second kappa shape index (κ2) is 9.86. The van der Waals surface area contributed by atoms with E-state index >= 15 is 0 Å². The number of aliphatic imine (C=N–C) groups is 1. The molecule has 1 unspecified atom stereocenters. The number of hydrogen-bond acceptors (Lipinski definition) is 6. The highest BCUT2D eigenvalue weighted by Gasteiger charge is 2.32. The molecule has 0 saturated carbocycles. The zero-order valence-corrected chi connectivity index (χ0v) is 19.1. The standard InChI is InChI=1S/C23H24N6O3S/c1-3-28(4-2)23-26-22(32)19(33-23)13-20(30)25-16-9-7-8-15(12-16)21(31)27-29-14-24-17-10-5-6-11-18(17)29/h5-12,14,19H,3-4,13H2,1-2H3,(H,25,30)(H,27,31). The molecular weight excluding hydrogens is 440 g/mol. The summed E-state index contributed by atoms with van der Waals surface area (Å²) in [7, 11) is 0. The van der Waals surface area contributed by atoms with Crippen molar-refractivity contribution in [1.29, 1.82) is 0 Å². The number of imidazole rings is 1. The summed E-state index contributed by atoms with van der Waals surface area (Å²) in [6.45, 7) is 5.49. The van der Waals surface area contributed by atoms with Crippen LogP contribution in [0.2, 0.25) is 0 Å². The van der Waals surface area contributed by atoms with Crippen molar-refractivity contribution in [2.75, 3.05) is 23.8 Å². The van der Waals surface area contributed by atoms with Gasteiger partial charge in [-0.2, -0.15) is 4.99 Å².